The van der Waals surface area contributed by atoms with Gasteiger partial charge in [0.05, 0.1) is 0 Å². The second kappa shape index (κ2) is 49.8. The smallest absolute Gasteiger partial charge is 0.306 e. The molecule has 0 heterocycles. The van der Waals surface area contributed by atoms with E-state index in [1.807, 2.05) is 0 Å². The normalized spacial score (nSPS) is 12.0. The van der Waals surface area contributed by atoms with Crippen LogP contribution in [0.25, 0.3) is 0 Å². The fraction of sp³-hybridized carbons (Fsp3) is 0.907. The van der Waals surface area contributed by atoms with Crippen molar-refractivity contribution in [2.24, 2.45) is 0 Å². The highest BCUT2D eigenvalue weighted by Gasteiger charge is 2.19. The molecule has 0 N–H and O–H groups in total. The highest BCUT2D eigenvalue weighted by atomic mass is 16.6. The Hall–Kier alpha value is -1.85. The number of hydrogen-bond acceptors (Lipinski definition) is 6. The Morgan fingerprint density at radius 3 is 0.833 bits per heavy atom. The van der Waals surface area contributed by atoms with Gasteiger partial charge in [-0.3, -0.25) is 14.4 Å². The maximum atomic E-state index is 12.7. The third-order valence-corrected chi connectivity index (χ3v) is 12.0. The number of ether oxygens (including phenoxy) is 3. The first-order chi connectivity index (χ1) is 29.5. The lowest BCUT2D eigenvalue weighted by molar-refractivity contribution is -0.167. The summed E-state index contributed by atoms with van der Waals surface area (Å²) in [6.45, 7) is 6.59. The fourth-order valence-electron chi connectivity index (χ4n) is 7.97. The van der Waals surface area contributed by atoms with Gasteiger partial charge < -0.3 is 14.2 Å². The van der Waals surface area contributed by atoms with Crippen molar-refractivity contribution in [1.82, 2.24) is 0 Å². The van der Waals surface area contributed by atoms with Crippen LogP contribution >= 0.6 is 0 Å². The van der Waals surface area contributed by atoms with E-state index in [-0.39, 0.29) is 31.1 Å². The Labute approximate surface area is 373 Å². The number of allylic oxidation sites excluding steroid dienone is 2. The van der Waals surface area contributed by atoms with Crippen LogP contribution in [-0.4, -0.2) is 37.2 Å². The van der Waals surface area contributed by atoms with Gasteiger partial charge in [-0.1, -0.05) is 245 Å². The van der Waals surface area contributed by atoms with Crippen LogP contribution in [0.3, 0.4) is 0 Å². The number of rotatable bonds is 49. The van der Waals surface area contributed by atoms with Gasteiger partial charge in [0.2, 0.25) is 0 Å². The fourth-order valence-corrected chi connectivity index (χ4v) is 7.97. The monoisotopic (exact) mass is 847 g/mol. The predicted octanol–water partition coefficient (Wildman–Crippen LogP) is 17.4. The van der Waals surface area contributed by atoms with Gasteiger partial charge in [0.1, 0.15) is 13.2 Å². The quantitative estimate of drug-likeness (QED) is 0.0263. The standard InChI is InChI=1S/C54H102O6/c1-4-7-10-13-15-17-19-21-23-25-26-27-28-29-31-32-34-36-38-41-44-47-53(56)59-50-51(49-58-52(55)46-43-40-12-9-6-3)60-54(57)48-45-42-39-37-35-33-30-24-22-20-18-16-14-11-8-5-2/h24,30,51H,4-23,25-29,31-50H2,1-3H3/b30-24-. The molecule has 0 fully saturated rings. The minimum absolute atomic E-state index is 0.0694. The van der Waals surface area contributed by atoms with Gasteiger partial charge in [0.15, 0.2) is 6.10 Å². The molecule has 0 saturated carbocycles. The Morgan fingerprint density at radius 2 is 0.550 bits per heavy atom. The Bertz CT molecular complexity index is 931. The zero-order valence-electron chi connectivity index (χ0n) is 40.5. The predicted molar refractivity (Wildman–Crippen MR) is 256 cm³/mol. The molecule has 354 valence electrons. The molecule has 0 bridgehead atoms. The van der Waals surface area contributed by atoms with E-state index in [1.54, 1.807) is 0 Å². The Balaban J connectivity index is 4.08. The molecule has 1 unspecified atom stereocenters. The summed E-state index contributed by atoms with van der Waals surface area (Å²) in [7, 11) is 0. The molecule has 0 amide bonds. The van der Waals surface area contributed by atoms with E-state index >= 15 is 0 Å². The molecule has 0 aromatic carbocycles. The van der Waals surface area contributed by atoms with Gasteiger partial charge in [-0.2, -0.15) is 0 Å². The first-order valence-corrected chi connectivity index (χ1v) is 26.7. The molecule has 0 rings (SSSR count). The van der Waals surface area contributed by atoms with Gasteiger partial charge in [-0.05, 0) is 44.9 Å². The molecule has 0 spiro atoms. The van der Waals surface area contributed by atoms with Crippen LogP contribution in [-0.2, 0) is 28.6 Å². The van der Waals surface area contributed by atoms with Crippen LogP contribution < -0.4 is 0 Å². The summed E-state index contributed by atoms with van der Waals surface area (Å²) in [5.41, 5.74) is 0. The molecular formula is C54H102O6. The van der Waals surface area contributed by atoms with Gasteiger partial charge in [-0.25, -0.2) is 0 Å². The maximum Gasteiger partial charge on any atom is 0.306 e. The van der Waals surface area contributed by atoms with E-state index in [2.05, 4.69) is 32.9 Å². The van der Waals surface area contributed by atoms with Crippen LogP contribution in [0.2, 0.25) is 0 Å². The topological polar surface area (TPSA) is 78.9 Å². The lowest BCUT2D eigenvalue weighted by Gasteiger charge is -2.18. The summed E-state index contributed by atoms with van der Waals surface area (Å²) < 4.78 is 16.7. The maximum absolute atomic E-state index is 12.7. The molecule has 60 heavy (non-hydrogen) atoms. The summed E-state index contributed by atoms with van der Waals surface area (Å²) in [4.78, 5) is 37.7. The first kappa shape index (κ1) is 58.1. The molecular weight excluding hydrogens is 745 g/mol. The third-order valence-electron chi connectivity index (χ3n) is 12.0. The van der Waals surface area contributed by atoms with Gasteiger partial charge in [-0.15, -0.1) is 0 Å². The zero-order valence-corrected chi connectivity index (χ0v) is 40.5. The molecule has 0 saturated heterocycles. The van der Waals surface area contributed by atoms with E-state index in [0.717, 1.165) is 70.6 Å². The largest absolute Gasteiger partial charge is 0.462 e. The summed E-state index contributed by atoms with van der Waals surface area (Å²) in [6, 6.07) is 0. The van der Waals surface area contributed by atoms with Crippen LogP contribution in [0.15, 0.2) is 12.2 Å². The van der Waals surface area contributed by atoms with E-state index in [0.29, 0.717) is 19.3 Å². The highest BCUT2D eigenvalue weighted by molar-refractivity contribution is 5.71. The molecule has 0 radical (unpaired) electrons. The first-order valence-electron chi connectivity index (χ1n) is 26.7. The van der Waals surface area contributed by atoms with E-state index in [9.17, 15) is 14.4 Å². The summed E-state index contributed by atoms with van der Waals surface area (Å²) in [5, 5.41) is 0. The molecule has 1 atom stereocenters. The lowest BCUT2D eigenvalue weighted by Crippen LogP contribution is -2.30. The molecule has 6 nitrogen and oxygen atoms in total. The van der Waals surface area contributed by atoms with Crippen molar-refractivity contribution in [3.8, 4) is 0 Å². The SMILES string of the molecule is CCCCCCCCC/C=C\CCCCCCCC(=O)OC(COC(=O)CCCCCCC)COC(=O)CCCCCCCCCCCCCCCCCCCCCCC. The van der Waals surface area contributed by atoms with Crippen molar-refractivity contribution in [2.75, 3.05) is 13.2 Å². The number of esters is 3. The van der Waals surface area contributed by atoms with Gasteiger partial charge in [0, 0.05) is 19.3 Å². The highest BCUT2D eigenvalue weighted by Crippen LogP contribution is 2.17. The Kier molecular flexibility index (Phi) is 48.3. The number of carbonyl (C=O) groups excluding carboxylic acids is 3. The molecule has 0 aliphatic heterocycles. The van der Waals surface area contributed by atoms with E-state index in [4.69, 9.17) is 14.2 Å². The average molecular weight is 847 g/mol. The van der Waals surface area contributed by atoms with Crippen LogP contribution in [0.5, 0.6) is 0 Å². The summed E-state index contributed by atoms with van der Waals surface area (Å²) in [6.07, 6.45) is 55.3. The van der Waals surface area contributed by atoms with Crippen molar-refractivity contribution >= 4 is 17.9 Å². The molecule has 6 heteroatoms. The number of carbonyl (C=O) groups is 3. The Morgan fingerprint density at radius 1 is 0.317 bits per heavy atom. The number of unbranched alkanes of at least 4 members (excludes halogenated alkanes) is 36. The summed E-state index contributed by atoms with van der Waals surface area (Å²) in [5.74, 6) is -0.876. The van der Waals surface area contributed by atoms with E-state index < -0.39 is 6.10 Å². The van der Waals surface area contributed by atoms with Gasteiger partial charge >= 0.3 is 17.9 Å². The van der Waals surface area contributed by atoms with Gasteiger partial charge in [0.25, 0.3) is 0 Å². The molecule has 0 aromatic heterocycles. The third kappa shape index (κ3) is 47.2. The van der Waals surface area contributed by atoms with Crippen LogP contribution in [0.1, 0.15) is 297 Å². The van der Waals surface area contributed by atoms with Crippen LogP contribution in [0, 0.1) is 0 Å². The lowest BCUT2D eigenvalue weighted by atomic mass is 10.0. The van der Waals surface area contributed by atoms with Crippen molar-refractivity contribution < 1.29 is 28.6 Å². The summed E-state index contributed by atoms with van der Waals surface area (Å²) >= 11 is 0. The van der Waals surface area contributed by atoms with Crippen LogP contribution in [0.4, 0.5) is 0 Å². The second-order valence-corrected chi connectivity index (χ2v) is 18.2. The molecule has 0 aromatic rings. The second-order valence-electron chi connectivity index (χ2n) is 18.2. The van der Waals surface area contributed by atoms with Crippen molar-refractivity contribution in [3.63, 3.8) is 0 Å². The zero-order chi connectivity index (χ0) is 43.7. The number of hydrogen-bond donors (Lipinski definition) is 0. The minimum atomic E-state index is -0.766. The average Bonchev–Trinajstić information content (AvgIpc) is 3.24. The van der Waals surface area contributed by atoms with E-state index in [1.165, 1.54) is 186 Å². The van der Waals surface area contributed by atoms with Crippen molar-refractivity contribution in [3.05, 3.63) is 12.2 Å². The molecule has 0 aliphatic rings. The van der Waals surface area contributed by atoms with Crippen molar-refractivity contribution in [2.45, 2.75) is 303 Å². The molecule has 0 aliphatic carbocycles. The van der Waals surface area contributed by atoms with Crippen molar-refractivity contribution in [1.29, 1.82) is 0 Å². The minimum Gasteiger partial charge on any atom is -0.462 e.